The largest absolute Gasteiger partial charge is 0.461 e. The van der Waals surface area contributed by atoms with Crippen LogP contribution in [0, 0.1) is 0 Å². The van der Waals surface area contributed by atoms with Gasteiger partial charge in [-0.05, 0) is 12.1 Å². The first kappa shape index (κ1) is 12.3. The van der Waals surface area contributed by atoms with Crippen molar-refractivity contribution < 1.29 is 13.7 Å². The second kappa shape index (κ2) is 5.52. The van der Waals surface area contributed by atoms with Crippen molar-refractivity contribution in [3.05, 3.63) is 24.3 Å². The van der Waals surface area contributed by atoms with Gasteiger partial charge in [0.1, 0.15) is 0 Å². The number of hydrogen-bond acceptors (Lipinski definition) is 7. The fraction of sp³-hybridized carbons (Fsp3) is 0.500. The van der Waals surface area contributed by atoms with Crippen LogP contribution in [0.25, 0.3) is 11.6 Å². The molecule has 1 atom stereocenters. The van der Waals surface area contributed by atoms with E-state index in [9.17, 15) is 0 Å². The van der Waals surface area contributed by atoms with Crippen molar-refractivity contribution in [2.75, 3.05) is 26.2 Å². The van der Waals surface area contributed by atoms with Crippen LogP contribution in [0.1, 0.15) is 5.89 Å². The lowest BCUT2D eigenvalue weighted by molar-refractivity contribution is -0.0288. The Morgan fingerprint density at radius 2 is 2.42 bits per heavy atom. The van der Waals surface area contributed by atoms with E-state index in [-0.39, 0.29) is 6.10 Å². The highest BCUT2D eigenvalue weighted by Gasteiger charge is 2.21. The van der Waals surface area contributed by atoms with Gasteiger partial charge in [0.25, 0.3) is 0 Å². The summed E-state index contributed by atoms with van der Waals surface area (Å²) in [5.41, 5.74) is 5.61. The standard InChI is InChI=1S/C12H16N4O3/c13-6-9-7-16(3-5-17-9)8-11-14-12(15-19-11)10-2-1-4-18-10/h1-2,4,9H,3,5-8,13H2. The van der Waals surface area contributed by atoms with Crippen LogP contribution in [-0.4, -0.2) is 47.4 Å². The molecule has 0 spiro atoms. The highest BCUT2D eigenvalue weighted by molar-refractivity contribution is 5.44. The molecular weight excluding hydrogens is 248 g/mol. The van der Waals surface area contributed by atoms with E-state index < -0.39 is 0 Å². The Morgan fingerprint density at radius 1 is 1.47 bits per heavy atom. The Balaban J connectivity index is 1.64. The molecule has 2 aromatic heterocycles. The molecule has 0 amide bonds. The average Bonchev–Trinajstić information content (AvgIpc) is 3.09. The maximum absolute atomic E-state index is 5.61. The first-order valence-electron chi connectivity index (χ1n) is 6.25. The minimum Gasteiger partial charge on any atom is -0.461 e. The third-order valence-electron chi connectivity index (χ3n) is 3.05. The zero-order valence-electron chi connectivity index (χ0n) is 10.5. The van der Waals surface area contributed by atoms with Gasteiger partial charge in [-0.2, -0.15) is 4.98 Å². The van der Waals surface area contributed by atoms with Gasteiger partial charge in [0.15, 0.2) is 5.76 Å². The summed E-state index contributed by atoms with van der Waals surface area (Å²) in [5.74, 6) is 1.66. The Morgan fingerprint density at radius 3 is 3.21 bits per heavy atom. The molecule has 0 saturated carbocycles. The molecule has 0 radical (unpaired) electrons. The van der Waals surface area contributed by atoms with Crippen molar-refractivity contribution in [1.29, 1.82) is 0 Å². The zero-order valence-corrected chi connectivity index (χ0v) is 10.5. The first-order chi connectivity index (χ1) is 9.35. The molecule has 0 aliphatic carbocycles. The van der Waals surface area contributed by atoms with Crippen molar-refractivity contribution >= 4 is 0 Å². The van der Waals surface area contributed by atoms with E-state index >= 15 is 0 Å². The Bertz CT molecular complexity index is 511. The van der Waals surface area contributed by atoms with Crippen molar-refractivity contribution in [3.8, 4) is 11.6 Å². The van der Waals surface area contributed by atoms with Gasteiger partial charge in [-0.15, -0.1) is 0 Å². The molecule has 1 unspecified atom stereocenters. The molecule has 0 aromatic carbocycles. The molecule has 0 bridgehead atoms. The molecule has 7 nitrogen and oxygen atoms in total. The number of rotatable bonds is 4. The quantitative estimate of drug-likeness (QED) is 0.859. The fourth-order valence-electron chi connectivity index (χ4n) is 2.08. The van der Waals surface area contributed by atoms with Gasteiger partial charge in [0.2, 0.25) is 11.7 Å². The Kier molecular flexibility index (Phi) is 3.58. The zero-order chi connectivity index (χ0) is 13.1. The fourth-order valence-corrected chi connectivity index (χ4v) is 2.08. The van der Waals surface area contributed by atoms with Crippen LogP contribution in [0.2, 0.25) is 0 Å². The number of morpholine rings is 1. The molecule has 3 heterocycles. The number of nitrogens with zero attached hydrogens (tertiary/aromatic N) is 3. The van der Waals surface area contributed by atoms with Crippen LogP contribution in [0.5, 0.6) is 0 Å². The maximum atomic E-state index is 5.61. The van der Waals surface area contributed by atoms with Crippen LogP contribution in [0.3, 0.4) is 0 Å². The lowest BCUT2D eigenvalue weighted by Gasteiger charge is -2.31. The second-order valence-electron chi connectivity index (χ2n) is 4.45. The van der Waals surface area contributed by atoms with Crippen LogP contribution >= 0.6 is 0 Å². The number of nitrogens with two attached hydrogens (primary N) is 1. The van der Waals surface area contributed by atoms with E-state index in [0.29, 0.717) is 37.2 Å². The molecule has 1 aliphatic rings. The maximum Gasteiger partial charge on any atom is 0.241 e. The Hall–Kier alpha value is -1.70. The smallest absolute Gasteiger partial charge is 0.241 e. The van der Waals surface area contributed by atoms with Gasteiger partial charge in [0.05, 0.1) is 25.5 Å². The monoisotopic (exact) mass is 264 g/mol. The van der Waals surface area contributed by atoms with Crippen LogP contribution in [0.4, 0.5) is 0 Å². The van der Waals surface area contributed by atoms with Gasteiger partial charge < -0.3 is 19.4 Å². The summed E-state index contributed by atoms with van der Waals surface area (Å²) < 4.78 is 16.0. The van der Waals surface area contributed by atoms with Gasteiger partial charge in [-0.1, -0.05) is 5.16 Å². The normalized spacial score (nSPS) is 20.8. The van der Waals surface area contributed by atoms with E-state index in [1.165, 1.54) is 0 Å². The Labute approximate surface area is 110 Å². The van der Waals surface area contributed by atoms with Gasteiger partial charge >= 0.3 is 0 Å². The number of ether oxygens (including phenoxy) is 1. The molecule has 2 aromatic rings. The number of aromatic nitrogens is 2. The van der Waals surface area contributed by atoms with Crippen molar-refractivity contribution in [1.82, 2.24) is 15.0 Å². The summed E-state index contributed by atoms with van der Waals surface area (Å²) in [6.07, 6.45) is 1.67. The SMILES string of the molecule is NCC1CN(Cc2nc(-c3ccco3)no2)CCO1. The molecule has 102 valence electrons. The third-order valence-corrected chi connectivity index (χ3v) is 3.05. The highest BCUT2D eigenvalue weighted by Crippen LogP contribution is 2.17. The van der Waals surface area contributed by atoms with Crippen molar-refractivity contribution in [2.24, 2.45) is 5.73 Å². The number of hydrogen-bond donors (Lipinski definition) is 1. The third kappa shape index (κ3) is 2.83. The summed E-state index contributed by atoms with van der Waals surface area (Å²) in [5, 5.41) is 3.90. The predicted molar refractivity (Wildman–Crippen MR) is 66.1 cm³/mol. The van der Waals surface area contributed by atoms with Gasteiger partial charge in [-0.25, -0.2) is 0 Å². The molecular formula is C12H16N4O3. The summed E-state index contributed by atoms with van der Waals surface area (Å²) in [6, 6.07) is 3.59. The molecule has 3 rings (SSSR count). The first-order valence-corrected chi connectivity index (χ1v) is 6.25. The lowest BCUT2D eigenvalue weighted by Crippen LogP contribution is -2.45. The molecule has 1 saturated heterocycles. The lowest BCUT2D eigenvalue weighted by atomic mass is 10.2. The average molecular weight is 264 g/mol. The summed E-state index contributed by atoms with van der Waals surface area (Å²) >= 11 is 0. The van der Waals surface area contributed by atoms with E-state index in [0.717, 1.165) is 13.1 Å². The van der Waals surface area contributed by atoms with Crippen LogP contribution in [0.15, 0.2) is 27.3 Å². The summed E-state index contributed by atoms with van der Waals surface area (Å²) in [7, 11) is 0. The number of furan rings is 1. The predicted octanol–water partition coefficient (Wildman–Crippen LogP) is 0.489. The van der Waals surface area contributed by atoms with Crippen LogP contribution in [-0.2, 0) is 11.3 Å². The van der Waals surface area contributed by atoms with Gasteiger partial charge in [-0.3, -0.25) is 4.90 Å². The molecule has 7 heteroatoms. The summed E-state index contributed by atoms with van der Waals surface area (Å²) in [6.45, 7) is 3.44. The topological polar surface area (TPSA) is 90.6 Å². The molecule has 1 aliphatic heterocycles. The second-order valence-corrected chi connectivity index (χ2v) is 4.45. The van der Waals surface area contributed by atoms with E-state index in [1.54, 1.807) is 18.4 Å². The van der Waals surface area contributed by atoms with Crippen LogP contribution < -0.4 is 5.73 Å². The van der Waals surface area contributed by atoms with E-state index in [2.05, 4.69) is 15.0 Å². The summed E-state index contributed by atoms with van der Waals surface area (Å²) in [4.78, 5) is 6.51. The molecule has 2 N–H and O–H groups in total. The minimum absolute atomic E-state index is 0.0845. The van der Waals surface area contributed by atoms with E-state index in [1.807, 2.05) is 0 Å². The minimum atomic E-state index is 0.0845. The van der Waals surface area contributed by atoms with Crippen molar-refractivity contribution in [3.63, 3.8) is 0 Å². The van der Waals surface area contributed by atoms with E-state index in [4.69, 9.17) is 19.4 Å². The van der Waals surface area contributed by atoms with Gasteiger partial charge in [0, 0.05) is 19.6 Å². The highest BCUT2D eigenvalue weighted by atomic mass is 16.5. The van der Waals surface area contributed by atoms with Crippen molar-refractivity contribution in [2.45, 2.75) is 12.6 Å². The molecule has 1 fully saturated rings. The molecule has 19 heavy (non-hydrogen) atoms.